The Hall–Kier alpha value is -3.70. The van der Waals surface area contributed by atoms with Crippen LogP contribution in [0.1, 0.15) is 15.9 Å². The molecule has 0 saturated carbocycles. The molecule has 0 spiro atoms. The zero-order valence-corrected chi connectivity index (χ0v) is 18.8. The fourth-order valence-corrected chi connectivity index (χ4v) is 3.81. The molecule has 158 valence electrons. The molecule has 0 saturated heterocycles. The maximum atomic E-state index is 13.3. The molecule has 0 aliphatic rings. The third-order valence-corrected chi connectivity index (χ3v) is 5.46. The van der Waals surface area contributed by atoms with Crippen molar-refractivity contribution in [2.45, 2.75) is 0 Å². The molecule has 0 radical (unpaired) electrons. The second-order valence-electron chi connectivity index (χ2n) is 7.14. The molecule has 0 aromatic heterocycles. The summed E-state index contributed by atoms with van der Waals surface area (Å²) < 4.78 is 0.795. The number of para-hydroxylation sites is 2. The number of halogens is 1. The lowest BCUT2D eigenvalue weighted by Crippen LogP contribution is -2.32. The minimum Gasteiger partial charge on any atom is -0.376 e. The predicted octanol–water partition coefficient (Wildman–Crippen LogP) is 6.46. The number of hydrogen-bond donors (Lipinski definition) is 1. The second kappa shape index (κ2) is 10.1. The van der Waals surface area contributed by atoms with Gasteiger partial charge in [0.15, 0.2) is 5.78 Å². The van der Waals surface area contributed by atoms with Gasteiger partial charge in [0.2, 0.25) is 0 Å². The molecule has 1 N–H and O–H groups in total. The van der Waals surface area contributed by atoms with Gasteiger partial charge in [-0.15, -0.1) is 0 Å². The average molecular weight is 485 g/mol. The highest BCUT2D eigenvalue weighted by molar-refractivity contribution is 9.10. The van der Waals surface area contributed by atoms with E-state index in [0.717, 1.165) is 15.8 Å². The van der Waals surface area contributed by atoms with Crippen LogP contribution in [0.5, 0.6) is 0 Å². The molecule has 4 aromatic carbocycles. The lowest BCUT2D eigenvalue weighted by Gasteiger charge is -2.24. The van der Waals surface area contributed by atoms with E-state index < -0.39 is 0 Å². The van der Waals surface area contributed by atoms with Crippen LogP contribution in [0.3, 0.4) is 0 Å². The van der Waals surface area contributed by atoms with Crippen molar-refractivity contribution in [3.63, 3.8) is 0 Å². The molecule has 4 rings (SSSR count). The van der Waals surface area contributed by atoms with E-state index in [1.165, 1.54) is 0 Å². The highest BCUT2D eigenvalue weighted by atomic mass is 79.9. The first-order chi connectivity index (χ1) is 15.6. The van der Waals surface area contributed by atoms with Gasteiger partial charge in [0.25, 0.3) is 5.91 Å². The molecular weight excluding hydrogens is 464 g/mol. The molecule has 0 aliphatic heterocycles. The maximum Gasteiger partial charge on any atom is 0.250 e. The number of carbonyl (C=O) groups excluding carboxylic acids is 2. The van der Waals surface area contributed by atoms with Gasteiger partial charge in [-0.25, -0.2) is 0 Å². The summed E-state index contributed by atoms with van der Waals surface area (Å²) in [4.78, 5) is 28.1. The molecule has 32 heavy (non-hydrogen) atoms. The van der Waals surface area contributed by atoms with Crippen molar-refractivity contribution in [2.24, 2.45) is 0 Å². The highest BCUT2D eigenvalue weighted by Crippen LogP contribution is 2.27. The summed E-state index contributed by atoms with van der Waals surface area (Å²) in [5.74, 6) is -0.242. The first-order valence-corrected chi connectivity index (χ1v) is 11.0. The Labute approximate surface area is 195 Å². The second-order valence-corrected chi connectivity index (χ2v) is 8.05. The third kappa shape index (κ3) is 4.95. The summed E-state index contributed by atoms with van der Waals surface area (Å²) in [7, 11) is 0. The van der Waals surface area contributed by atoms with E-state index in [4.69, 9.17) is 0 Å². The van der Waals surface area contributed by atoms with Crippen LogP contribution < -0.4 is 10.2 Å². The Kier molecular flexibility index (Phi) is 6.78. The predicted molar refractivity (Wildman–Crippen MR) is 133 cm³/mol. The smallest absolute Gasteiger partial charge is 0.250 e. The van der Waals surface area contributed by atoms with Crippen LogP contribution in [-0.4, -0.2) is 18.2 Å². The topological polar surface area (TPSA) is 49.4 Å². The molecule has 0 aliphatic carbocycles. The van der Waals surface area contributed by atoms with Crippen molar-refractivity contribution in [1.82, 2.24) is 0 Å². The summed E-state index contributed by atoms with van der Waals surface area (Å²) in [6.07, 6.45) is 0. The standard InChI is InChI=1S/C27H21BrN2O2/c28-21-16-17-25(24(18-21)27(32)20-10-4-1-5-11-20)29-19-26(31)30(22-12-6-2-7-13-22)23-14-8-3-9-15-23/h1-18,29H,19H2. The molecule has 0 atom stereocenters. The largest absolute Gasteiger partial charge is 0.376 e. The monoisotopic (exact) mass is 484 g/mol. The summed E-state index contributed by atoms with van der Waals surface area (Å²) in [6, 6.07) is 33.6. The fraction of sp³-hybridized carbons (Fsp3) is 0.0370. The van der Waals surface area contributed by atoms with E-state index >= 15 is 0 Å². The van der Waals surface area contributed by atoms with Gasteiger partial charge in [0, 0.05) is 32.7 Å². The van der Waals surface area contributed by atoms with Gasteiger partial charge in [-0.2, -0.15) is 0 Å². The van der Waals surface area contributed by atoms with Gasteiger partial charge in [0.1, 0.15) is 0 Å². The number of carbonyl (C=O) groups is 2. The first-order valence-electron chi connectivity index (χ1n) is 10.2. The third-order valence-electron chi connectivity index (χ3n) is 4.97. The van der Waals surface area contributed by atoms with Crippen LogP contribution in [0.25, 0.3) is 0 Å². The van der Waals surface area contributed by atoms with Gasteiger partial charge in [-0.3, -0.25) is 14.5 Å². The summed E-state index contributed by atoms with van der Waals surface area (Å²) >= 11 is 3.45. The van der Waals surface area contributed by atoms with Crippen LogP contribution in [0.15, 0.2) is 114 Å². The van der Waals surface area contributed by atoms with Crippen LogP contribution >= 0.6 is 15.9 Å². The Balaban J connectivity index is 1.60. The Bertz CT molecular complexity index is 1170. The number of rotatable bonds is 7. The van der Waals surface area contributed by atoms with E-state index in [1.807, 2.05) is 91.0 Å². The average Bonchev–Trinajstić information content (AvgIpc) is 2.85. The van der Waals surface area contributed by atoms with Crippen molar-refractivity contribution in [3.8, 4) is 0 Å². The van der Waals surface area contributed by atoms with E-state index in [1.54, 1.807) is 23.1 Å². The van der Waals surface area contributed by atoms with E-state index in [2.05, 4.69) is 21.2 Å². The number of ketones is 1. The first kappa shape index (κ1) is 21.5. The minimum atomic E-state index is -0.136. The van der Waals surface area contributed by atoms with E-state index in [0.29, 0.717) is 16.8 Å². The Morgan fingerprint density at radius 1 is 0.719 bits per heavy atom. The van der Waals surface area contributed by atoms with Gasteiger partial charge >= 0.3 is 0 Å². The minimum absolute atomic E-state index is 0.0283. The zero-order chi connectivity index (χ0) is 22.3. The molecule has 5 heteroatoms. The van der Waals surface area contributed by atoms with Gasteiger partial charge in [-0.05, 0) is 42.5 Å². The molecule has 4 nitrogen and oxygen atoms in total. The van der Waals surface area contributed by atoms with E-state index in [9.17, 15) is 9.59 Å². The Morgan fingerprint density at radius 3 is 1.81 bits per heavy atom. The van der Waals surface area contributed by atoms with Crippen LogP contribution in [0.4, 0.5) is 17.1 Å². The number of hydrogen-bond acceptors (Lipinski definition) is 3. The van der Waals surface area contributed by atoms with Crippen LogP contribution in [0, 0.1) is 0 Å². The van der Waals surface area contributed by atoms with Crippen molar-refractivity contribution < 1.29 is 9.59 Å². The van der Waals surface area contributed by atoms with Crippen molar-refractivity contribution in [1.29, 1.82) is 0 Å². The maximum absolute atomic E-state index is 13.3. The molecule has 0 heterocycles. The summed E-state index contributed by atoms with van der Waals surface area (Å²) in [6.45, 7) is 0.0283. The fourth-order valence-electron chi connectivity index (χ4n) is 3.44. The number of nitrogens with zero attached hydrogens (tertiary/aromatic N) is 1. The highest BCUT2D eigenvalue weighted by Gasteiger charge is 2.19. The number of nitrogens with one attached hydrogen (secondary N) is 1. The summed E-state index contributed by atoms with van der Waals surface area (Å²) in [5.41, 5.74) is 3.26. The Morgan fingerprint density at radius 2 is 1.25 bits per heavy atom. The molecular formula is C27H21BrN2O2. The summed E-state index contributed by atoms with van der Waals surface area (Å²) in [5, 5.41) is 3.18. The van der Waals surface area contributed by atoms with Gasteiger partial charge < -0.3 is 5.32 Å². The number of amides is 1. The quantitative estimate of drug-likeness (QED) is 0.306. The van der Waals surface area contributed by atoms with Crippen molar-refractivity contribution in [3.05, 3.63) is 125 Å². The molecule has 0 bridgehead atoms. The van der Waals surface area contributed by atoms with Crippen molar-refractivity contribution >= 4 is 44.7 Å². The molecule has 1 amide bonds. The number of benzene rings is 4. The van der Waals surface area contributed by atoms with Gasteiger partial charge in [0.05, 0.1) is 6.54 Å². The molecule has 4 aromatic rings. The van der Waals surface area contributed by atoms with E-state index in [-0.39, 0.29) is 18.2 Å². The van der Waals surface area contributed by atoms with Crippen LogP contribution in [-0.2, 0) is 4.79 Å². The molecule has 0 fully saturated rings. The zero-order valence-electron chi connectivity index (χ0n) is 17.2. The van der Waals surface area contributed by atoms with Crippen molar-refractivity contribution in [2.75, 3.05) is 16.8 Å². The van der Waals surface area contributed by atoms with Crippen LogP contribution in [0.2, 0.25) is 0 Å². The SMILES string of the molecule is O=C(c1ccccc1)c1cc(Br)ccc1NCC(=O)N(c1ccccc1)c1ccccc1. The normalized spacial score (nSPS) is 10.4. The lowest BCUT2D eigenvalue weighted by atomic mass is 10.0. The number of anilines is 3. The lowest BCUT2D eigenvalue weighted by molar-refractivity contribution is -0.116. The molecule has 0 unspecified atom stereocenters. The van der Waals surface area contributed by atoms with Gasteiger partial charge in [-0.1, -0.05) is 82.7 Å².